The van der Waals surface area contributed by atoms with Crippen LogP contribution in [0.25, 0.3) is 0 Å². The molecular weight excluding hydrogens is 482 g/mol. The van der Waals surface area contributed by atoms with Crippen molar-refractivity contribution in [2.75, 3.05) is 0 Å². The molecule has 0 radical (unpaired) electrons. The van der Waals surface area contributed by atoms with E-state index < -0.39 is 0 Å². The zero-order valence-corrected chi connectivity index (χ0v) is 15.2. The first-order valence-electron chi connectivity index (χ1n) is 5.33. The first kappa shape index (κ1) is 33.3. The van der Waals surface area contributed by atoms with Crippen LogP contribution in [0, 0.1) is 39.8 Å². The first-order chi connectivity index (χ1) is 11.4. The zero-order chi connectivity index (χ0) is 18.9. The van der Waals surface area contributed by atoms with Gasteiger partial charge in [0.25, 0.3) is 0 Å². The van der Waals surface area contributed by atoms with Crippen LogP contribution in [-0.2, 0) is 44.3 Å². The maximum atomic E-state index is 7.50. The topological polar surface area (TPSA) is 103 Å². The summed E-state index contributed by atoms with van der Waals surface area (Å²) in [6, 6.07) is 16.3. The van der Waals surface area contributed by atoms with Gasteiger partial charge in [0.2, 0.25) is 0 Å². The van der Waals surface area contributed by atoms with E-state index in [0.29, 0.717) is 0 Å². The Morgan fingerprint density at radius 1 is 0.583 bits per heavy atom. The van der Waals surface area contributed by atoms with E-state index in [1.165, 1.54) is 5.56 Å². The Balaban J connectivity index is -0.0000000950. The van der Waals surface area contributed by atoms with Crippen LogP contribution >= 0.6 is 0 Å². The Kier molecular flexibility index (Phi) is 51.5. The maximum absolute atomic E-state index is 7.50. The fourth-order valence-electron chi connectivity index (χ4n) is 1.21. The van der Waals surface area contributed by atoms with E-state index >= 15 is 0 Å². The Bertz CT molecular complexity index is 490. The molecule has 0 aliphatic rings. The molecule has 0 amide bonds. The predicted octanol–water partition coefficient (Wildman–Crippen LogP) is 1.84. The van der Waals surface area contributed by atoms with E-state index in [2.05, 4.69) is 51.9 Å². The van der Waals surface area contributed by atoms with Crippen molar-refractivity contribution >= 4 is 0 Å². The SMILES string of the molecule is [C-]#[O+].[C-]#[O+].[C-]#[O+].[C-]#[O+].[C-]#[O+].[W].c1ccc([CH-][n+]2ccccc2)cc1. The molecule has 0 atom stereocenters. The molecule has 6 nitrogen and oxygen atoms in total. The van der Waals surface area contributed by atoms with E-state index in [0.717, 1.165) is 0 Å². The Morgan fingerprint density at radius 2 is 0.917 bits per heavy atom. The minimum Gasteiger partial charge on any atom is -0.270 e. The first-order valence-corrected chi connectivity index (χ1v) is 5.33. The van der Waals surface area contributed by atoms with Gasteiger partial charge < -0.3 is 0 Å². The number of aromatic nitrogens is 1. The van der Waals surface area contributed by atoms with Gasteiger partial charge in [-0.2, -0.15) is 0 Å². The third kappa shape index (κ3) is 21.9. The standard InChI is InChI=1S/C12H11N.5CO.W/c1-3-7-12(8-4-1)11-13-9-5-2-6-10-13;5*1-2;/h1-11H;;;;;;. The minimum atomic E-state index is 0. The monoisotopic (exact) mass is 493 g/mol. The average molecular weight is 493 g/mol. The number of hydrogen-bond acceptors (Lipinski definition) is 0. The summed E-state index contributed by atoms with van der Waals surface area (Å²) in [6.45, 7) is 24.6. The number of hydrogen-bond donors (Lipinski definition) is 0. The molecule has 0 bridgehead atoms. The van der Waals surface area contributed by atoms with Crippen LogP contribution in [-0.4, -0.2) is 0 Å². The van der Waals surface area contributed by atoms with Crippen LogP contribution in [0.1, 0.15) is 5.56 Å². The van der Waals surface area contributed by atoms with Crippen LogP contribution in [0.4, 0.5) is 0 Å². The van der Waals surface area contributed by atoms with Gasteiger partial charge in [-0.25, -0.2) is 0 Å². The molecule has 1 aromatic heterocycles. The van der Waals surface area contributed by atoms with Crippen LogP contribution in [0.15, 0.2) is 60.9 Å². The fraction of sp³-hybridized carbons (Fsp3) is 0. The second-order valence-corrected chi connectivity index (χ2v) is 2.86. The summed E-state index contributed by atoms with van der Waals surface area (Å²) >= 11 is 0. The van der Waals surface area contributed by atoms with Gasteiger partial charge in [0.05, 0.1) is 0 Å². The van der Waals surface area contributed by atoms with Crippen molar-refractivity contribution in [2.24, 2.45) is 0 Å². The van der Waals surface area contributed by atoms with Gasteiger partial charge in [-0.15, -0.1) is 12.1 Å². The molecular formula is C17H11NO5W. The van der Waals surface area contributed by atoms with Crippen molar-refractivity contribution in [1.29, 1.82) is 0 Å². The van der Waals surface area contributed by atoms with Crippen LogP contribution in [0.5, 0.6) is 0 Å². The molecule has 2 aromatic rings. The number of rotatable bonds is 2. The number of benzene rings is 1. The van der Waals surface area contributed by atoms with Crippen molar-refractivity contribution in [3.05, 3.63) is 106 Å². The second kappa shape index (κ2) is 37.1. The quantitative estimate of drug-likeness (QED) is 0.347. The summed E-state index contributed by atoms with van der Waals surface area (Å²) in [6.07, 6.45) is 4.04. The molecule has 0 aliphatic carbocycles. The average Bonchev–Trinajstić information content (AvgIpc) is 2.71. The van der Waals surface area contributed by atoms with Gasteiger partial charge in [0, 0.05) is 21.1 Å². The molecule has 0 unspecified atom stereocenters. The van der Waals surface area contributed by atoms with Gasteiger partial charge in [0.1, 0.15) is 18.9 Å². The molecule has 2 rings (SSSR count). The smallest absolute Gasteiger partial charge is 0.112 e. The summed E-state index contributed by atoms with van der Waals surface area (Å²) < 4.78 is 39.5. The molecule has 24 heavy (non-hydrogen) atoms. The van der Waals surface area contributed by atoms with E-state index in [-0.39, 0.29) is 21.1 Å². The van der Waals surface area contributed by atoms with Gasteiger partial charge in [-0.05, 0) is 12.1 Å². The zero-order valence-electron chi connectivity index (χ0n) is 12.2. The summed E-state index contributed by atoms with van der Waals surface area (Å²) in [7, 11) is 0. The molecule has 1 aromatic carbocycles. The Hall–Kier alpha value is -2.37. The number of nitrogens with zero attached hydrogens (tertiary/aromatic N) is 1. The maximum Gasteiger partial charge on any atom is 0.112 e. The third-order valence-corrected chi connectivity index (χ3v) is 1.84. The van der Waals surface area contributed by atoms with Gasteiger partial charge in [-0.3, -0.25) is 4.57 Å². The molecule has 1 heterocycles. The molecule has 0 spiro atoms. The Labute approximate surface area is 155 Å². The van der Waals surface area contributed by atoms with E-state index in [9.17, 15) is 0 Å². The minimum absolute atomic E-state index is 0. The van der Waals surface area contributed by atoms with Crippen molar-refractivity contribution in [3.63, 3.8) is 0 Å². The largest absolute Gasteiger partial charge is 0.270 e. The fourth-order valence-corrected chi connectivity index (χ4v) is 1.21. The van der Waals surface area contributed by atoms with Gasteiger partial charge in [0.15, 0.2) is 0 Å². The Morgan fingerprint density at radius 3 is 1.29 bits per heavy atom. The molecule has 0 saturated carbocycles. The van der Waals surface area contributed by atoms with Crippen LogP contribution in [0.2, 0.25) is 0 Å². The van der Waals surface area contributed by atoms with E-state index in [1.54, 1.807) is 0 Å². The van der Waals surface area contributed by atoms with E-state index in [4.69, 9.17) is 23.3 Å². The predicted molar refractivity (Wildman–Crippen MR) is 71.5 cm³/mol. The normalized spacial score (nSPS) is 5.58. The van der Waals surface area contributed by atoms with E-state index in [1.807, 2.05) is 53.4 Å². The third-order valence-electron chi connectivity index (χ3n) is 1.84. The van der Waals surface area contributed by atoms with Gasteiger partial charge >= 0.3 is 56.5 Å². The molecule has 0 fully saturated rings. The summed E-state index contributed by atoms with van der Waals surface area (Å²) in [5, 5.41) is 0. The van der Waals surface area contributed by atoms with Gasteiger partial charge in [-0.1, -0.05) is 29.8 Å². The van der Waals surface area contributed by atoms with Crippen molar-refractivity contribution < 1.29 is 48.9 Å². The molecule has 0 N–H and O–H groups in total. The molecule has 120 valence electrons. The molecule has 7 heteroatoms. The van der Waals surface area contributed by atoms with Crippen LogP contribution in [0.3, 0.4) is 0 Å². The van der Waals surface area contributed by atoms with Crippen LogP contribution < -0.4 is 4.57 Å². The summed E-state index contributed by atoms with van der Waals surface area (Å²) in [4.78, 5) is 0. The summed E-state index contributed by atoms with van der Waals surface area (Å²) in [5.74, 6) is 0. The number of pyridine rings is 1. The van der Waals surface area contributed by atoms with Crippen molar-refractivity contribution in [1.82, 2.24) is 0 Å². The second-order valence-electron chi connectivity index (χ2n) is 2.86. The van der Waals surface area contributed by atoms with Crippen molar-refractivity contribution in [2.45, 2.75) is 0 Å². The van der Waals surface area contributed by atoms with Crippen molar-refractivity contribution in [3.8, 4) is 0 Å². The summed E-state index contributed by atoms with van der Waals surface area (Å²) in [5.41, 5.74) is 1.21. The molecule has 0 saturated heterocycles. The molecule has 0 aliphatic heterocycles.